The number of nitrogens with zero attached hydrogens (tertiary/aromatic N) is 4. The van der Waals surface area contributed by atoms with Gasteiger partial charge in [0, 0.05) is 32.1 Å². The Morgan fingerprint density at radius 1 is 1.19 bits per heavy atom. The number of piperazine rings is 1. The summed E-state index contributed by atoms with van der Waals surface area (Å²) in [4.78, 5) is 19.4. The van der Waals surface area contributed by atoms with Crippen LogP contribution in [0.4, 0.5) is 0 Å². The van der Waals surface area contributed by atoms with Gasteiger partial charge in [0.25, 0.3) is 0 Å². The van der Waals surface area contributed by atoms with Crippen molar-refractivity contribution in [3.05, 3.63) is 11.7 Å². The lowest BCUT2D eigenvalue weighted by molar-refractivity contribution is -0.155. The van der Waals surface area contributed by atoms with Crippen LogP contribution >= 0.6 is 0 Å². The zero-order chi connectivity index (χ0) is 22.3. The molecule has 1 N–H and O–H groups in total. The average molecular weight is 437 g/mol. The lowest BCUT2D eigenvalue weighted by Gasteiger charge is -2.29. The summed E-state index contributed by atoms with van der Waals surface area (Å²) in [6, 6.07) is 0. The summed E-state index contributed by atoms with van der Waals surface area (Å²) in [5.74, 6) is 1.69. The summed E-state index contributed by atoms with van der Waals surface area (Å²) in [6.07, 6.45) is 10.1. The second-order valence-electron chi connectivity index (χ2n) is 10.2. The van der Waals surface area contributed by atoms with Crippen LogP contribution in [0.5, 0.6) is 0 Å². The minimum absolute atomic E-state index is 0.103. The number of ether oxygens (including phenoxy) is 1. The molecule has 8 nitrogen and oxygen atoms in total. The van der Waals surface area contributed by atoms with Crippen LogP contribution in [0.15, 0.2) is 4.52 Å². The molecule has 31 heavy (non-hydrogen) atoms. The molecule has 1 aliphatic heterocycles. The van der Waals surface area contributed by atoms with Gasteiger partial charge in [0.05, 0.1) is 13.0 Å². The minimum atomic E-state index is -0.501. The summed E-state index contributed by atoms with van der Waals surface area (Å²) < 4.78 is 11.2. The SMILES string of the molecule is CC(C)(C)OC(=O)C[C@@H](CCCC1CCCCC1)c1nc(CN2CCN(O)CC2)no1. The molecule has 2 heterocycles. The molecule has 0 radical (unpaired) electrons. The van der Waals surface area contributed by atoms with E-state index in [0.717, 1.165) is 31.8 Å². The lowest BCUT2D eigenvalue weighted by Crippen LogP contribution is -2.44. The molecular weight excluding hydrogens is 396 g/mol. The number of rotatable bonds is 9. The van der Waals surface area contributed by atoms with Crippen LogP contribution in [0.2, 0.25) is 0 Å². The minimum Gasteiger partial charge on any atom is -0.460 e. The summed E-state index contributed by atoms with van der Waals surface area (Å²) >= 11 is 0. The van der Waals surface area contributed by atoms with E-state index in [1.165, 1.54) is 43.6 Å². The van der Waals surface area contributed by atoms with E-state index in [2.05, 4.69) is 15.0 Å². The van der Waals surface area contributed by atoms with E-state index < -0.39 is 5.60 Å². The molecule has 0 amide bonds. The van der Waals surface area contributed by atoms with E-state index in [4.69, 9.17) is 9.26 Å². The van der Waals surface area contributed by atoms with Gasteiger partial charge in [-0.3, -0.25) is 9.69 Å². The van der Waals surface area contributed by atoms with Crippen LogP contribution in [0.1, 0.15) is 96.2 Å². The molecule has 3 rings (SSSR count). The Hall–Kier alpha value is -1.51. The van der Waals surface area contributed by atoms with Gasteiger partial charge in [0.15, 0.2) is 5.82 Å². The van der Waals surface area contributed by atoms with Crippen molar-refractivity contribution in [2.24, 2.45) is 5.92 Å². The summed E-state index contributed by atoms with van der Waals surface area (Å²) in [5.41, 5.74) is -0.501. The fraction of sp³-hybridized carbons (Fsp3) is 0.870. The third kappa shape index (κ3) is 8.50. The Kier molecular flexibility index (Phi) is 8.86. The van der Waals surface area contributed by atoms with E-state index in [1.54, 1.807) is 0 Å². The highest BCUT2D eigenvalue weighted by molar-refractivity contribution is 5.70. The Bertz CT molecular complexity index is 673. The number of carbonyl (C=O) groups is 1. The van der Waals surface area contributed by atoms with Gasteiger partial charge in [-0.15, -0.1) is 0 Å². The van der Waals surface area contributed by atoms with Crippen molar-refractivity contribution in [2.45, 2.75) is 96.6 Å². The van der Waals surface area contributed by atoms with Crippen LogP contribution < -0.4 is 0 Å². The monoisotopic (exact) mass is 436 g/mol. The number of aromatic nitrogens is 2. The van der Waals surface area contributed by atoms with Gasteiger partial charge < -0.3 is 14.5 Å². The largest absolute Gasteiger partial charge is 0.460 e. The maximum absolute atomic E-state index is 12.5. The molecule has 0 spiro atoms. The Morgan fingerprint density at radius 2 is 1.90 bits per heavy atom. The zero-order valence-corrected chi connectivity index (χ0v) is 19.5. The lowest BCUT2D eigenvalue weighted by atomic mass is 9.84. The predicted molar refractivity (Wildman–Crippen MR) is 117 cm³/mol. The van der Waals surface area contributed by atoms with Crippen molar-refractivity contribution in [1.29, 1.82) is 0 Å². The Morgan fingerprint density at radius 3 is 2.58 bits per heavy atom. The highest BCUT2D eigenvalue weighted by Gasteiger charge is 2.27. The van der Waals surface area contributed by atoms with Crippen LogP contribution in [0.25, 0.3) is 0 Å². The van der Waals surface area contributed by atoms with Gasteiger partial charge in [0.1, 0.15) is 5.60 Å². The van der Waals surface area contributed by atoms with E-state index in [1.807, 2.05) is 20.8 Å². The second kappa shape index (κ2) is 11.4. The highest BCUT2D eigenvalue weighted by Crippen LogP contribution is 2.31. The predicted octanol–water partition coefficient (Wildman–Crippen LogP) is 4.14. The van der Waals surface area contributed by atoms with E-state index >= 15 is 0 Å². The van der Waals surface area contributed by atoms with Crippen molar-refractivity contribution in [1.82, 2.24) is 20.1 Å². The number of hydrogen-bond donors (Lipinski definition) is 1. The van der Waals surface area contributed by atoms with E-state index in [-0.39, 0.29) is 18.3 Å². The number of carbonyl (C=O) groups excluding carboxylic acids is 1. The molecule has 8 heteroatoms. The van der Waals surface area contributed by atoms with E-state index in [9.17, 15) is 10.0 Å². The molecule has 0 bridgehead atoms. The molecule has 1 atom stereocenters. The zero-order valence-electron chi connectivity index (χ0n) is 19.5. The number of hydrogen-bond acceptors (Lipinski definition) is 8. The normalized spacial score (nSPS) is 20.6. The molecule has 2 aliphatic rings. The van der Waals surface area contributed by atoms with Crippen molar-refractivity contribution < 1.29 is 19.3 Å². The van der Waals surface area contributed by atoms with Crippen LogP contribution in [0, 0.1) is 5.92 Å². The second-order valence-corrected chi connectivity index (χ2v) is 10.2. The van der Waals surface area contributed by atoms with Gasteiger partial charge in [-0.25, -0.2) is 0 Å². The van der Waals surface area contributed by atoms with Crippen molar-refractivity contribution in [3.8, 4) is 0 Å². The van der Waals surface area contributed by atoms with Crippen LogP contribution in [0.3, 0.4) is 0 Å². The van der Waals surface area contributed by atoms with Crippen LogP contribution in [-0.4, -0.2) is 63.1 Å². The first kappa shape index (κ1) is 24.1. The molecule has 0 unspecified atom stereocenters. The molecule has 1 aliphatic carbocycles. The molecule has 0 aromatic carbocycles. The molecule has 1 saturated carbocycles. The maximum atomic E-state index is 12.5. The summed E-state index contributed by atoms with van der Waals surface area (Å²) in [6.45, 7) is 9.03. The van der Waals surface area contributed by atoms with Gasteiger partial charge in [-0.05, 0) is 33.1 Å². The molecule has 2 fully saturated rings. The standard InChI is InChI=1S/C23H40N4O4/c1-23(2,3)30-21(28)16-19(11-7-10-18-8-5-4-6-9-18)22-24-20(25-31-22)17-26-12-14-27(29)15-13-26/h18-19,29H,4-17H2,1-3H3/t19-/m1/s1. The highest BCUT2D eigenvalue weighted by atomic mass is 16.6. The first-order chi connectivity index (χ1) is 14.8. The van der Waals surface area contributed by atoms with Crippen molar-refractivity contribution >= 4 is 5.97 Å². The third-order valence-corrected chi connectivity index (χ3v) is 6.27. The molecular formula is C23H40N4O4. The molecule has 1 aromatic rings. The Balaban J connectivity index is 1.57. The van der Waals surface area contributed by atoms with Gasteiger partial charge >= 0.3 is 5.97 Å². The smallest absolute Gasteiger partial charge is 0.307 e. The van der Waals surface area contributed by atoms with E-state index in [0.29, 0.717) is 31.3 Å². The quantitative estimate of drug-likeness (QED) is 0.578. The van der Waals surface area contributed by atoms with Crippen molar-refractivity contribution in [3.63, 3.8) is 0 Å². The molecule has 176 valence electrons. The topological polar surface area (TPSA) is 91.9 Å². The number of esters is 1. The molecule has 1 aromatic heterocycles. The summed E-state index contributed by atoms with van der Waals surface area (Å²) in [5, 5.41) is 15.0. The first-order valence-electron chi connectivity index (χ1n) is 12.0. The van der Waals surface area contributed by atoms with Gasteiger partial charge in [-0.1, -0.05) is 50.1 Å². The first-order valence-corrected chi connectivity index (χ1v) is 12.0. The maximum Gasteiger partial charge on any atom is 0.307 e. The average Bonchev–Trinajstić information content (AvgIpc) is 3.17. The van der Waals surface area contributed by atoms with Gasteiger partial charge in [-0.2, -0.15) is 10.0 Å². The fourth-order valence-corrected chi connectivity index (χ4v) is 4.62. The van der Waals surface area contributed by atoms with Gasteiger partial charge in [0.2, 0.25) is 5.89 Å². The Labute approximate surface area is 186 Å². The van der Waals surface area contributed by atoms with Crippen molar-refractivity contribution in [2.75, 3.05) is 26.2 Å². The molecule has 1 saturated heterocycles. The van der Waals surface area contributed by atoms with Crippen LogP contribution in [-0.2, 0) is 16.1 Å². The number of hydroxylamine groups is 2. The summed E-state index contributed by atoms with van der Waals surface area (Å²) in [7, 11) is 0. The fourth-order valence-electron chi connectivity index (χ4n) is 4.62. The third-order valence-electron chi connectivity index (χ3n) is 6.27.